The molecule has 2 N–H and O–H groups in total. The highest BCUT2D eigenvalue weighted by Gasteiger charge is 1.99. The molecule has 0 aliphatic rings. The number of carbonyl (C=O) groups is 1. The minimum Gasteiger partial charge on any atom is -0.396 e. The molecule has 0 bridgehead atoms. The summed E-state index contributed by atoms with van der Waals surface area (Å²) in [4.78, 5) is 11.4. The van der Waals surface area contributed by atoms with Gasteiger partial charge in [0.1, 0.15) is 5.82 Å². The molecule has 0 aromatic heterocycles. The summed E-state index contributed by atoms with van der Waals surface area (Å²) < 4.78 is 12.9. The van der Waals surface area contributed by atoms with E-state index in [0.717, 1.165) is 6.42 Å². The third-order valence-electron chi connectivity index (χ3n) is 2.25. The zero-order valence-corrected chi connectivity index (χ0v) is 10.6. The first-order chi connectivity index (χ1) is 8.63. The van der Waals surface area contributed by atoms with Crippen molar-refractivity contribution in [1.82, 2.24) is 5.32 Å². The van der Waals surface area contributed by atoms with Crippen LogP contribution in [0.4, 0.5) is 4.39 Å². The van der Waals surface area contributed by atoms with Crippen molar-refractivity contribution in [3.63, 3.8) is 0 Å². The van der Waals surface area contributed by atoms with Crippen molar-refractivity contribution < 1.29 is 14.3 Å². The molecule has 18 heavy (non-hydrogen) atoms. The first-order valence-electron chi connectivity index (χ1n) is 5.65. The average Bonchev–Trinajstić information content (AvgIpc) is 2.36. The third kappa shape index (κ3) is 5.29. The van der Waals surface area contributed by atoms with Crippen LogP contribution < -0.4 is 5.32 Å². The van der Waals surface area contributed by atoms with Crippen molar-refractivity contribution in [2.24, 2.45) is 0 Å². The number of benzene rings is 1. The maximum Gasteiger partial charge on any atom is 0.243 e. The van der Waals surface area contributed by atoms with E-state index in [9.17, 15) is 9.18 Å². The molecule has 0 aliphatic heterocycles. The second kappa shape index (κ2) is 7.84. The number of hydrogen-bond donors (Lipinski definition) is 2. The van der Waals surface area contributed by atoms with Gasteiger partial charge in [-0.2, -0.15) is 0 Å². The first-order valence-corrected chi connectivity index (χ1v) is 6.03. The van der Waals surface area contributed by atoms with E-state index < -0.39 is 5.82 Å². The fourth-order valence-electron chi connectivity index (χ4n) is 1.30. The van der Waals surface area contributed by atoms with Gasteiger partial charge in [-0.3, -0.25) is 4.79 Å². The first kappa shape index (κ1) is 14.7. The van der Waals surface area contributed by atoms with Crippen LogP contribution >= 0.6 is 11.6 Å². The molecule has 0 radical (unpaired) electrons. The Bertz CT molecular complexity index is 435. The van der Waals surface area contributed by atoms with Crippen molar-refractivity contribution in [1.29, 1.82) is 0 Å². The lowest BCUT2D eigenvalue weighted by molar-refractivity contribution is -0.116. The summed E-state index contributed by atoms with van der Waals surface area (Å²) in [7, 11) is 0. The van der Waals surface area contributed by atoms with E-state index >= 15 is 0 Å². The maximum atomic E-state index is 12.9. The molecule has 0 heterocycles. The Hall–Kier alpha value is -1.39. The zero-order chi connectivity index (χ0) is 13.4. The fraction of sp³-hybridized carbons (Fsp3) is 0.308. The number of carbonyl (C=O) groups excluding carboxylic acids is 1. The minimum atomic E-state index is -0.484. The molecule has 5 heteroatoms. The molecule has 0 aliphatic carbocycles. The summed E-state index contributed by atoms with van der Waals surface area (Å²) in [5.41, 5.74) is 0.659. The van der Waals surface area contributed by atoms with Crippen LogP contribution in [0.1, 0.15) is 18.4 Å². The van der Waals surface area contributed by atoms with Gasteiger partial charge in [0.05, 0.1) is 5.02 Å². The highest BCUT2D eigenvalue weighted by Crippen LogP contribution is 2.16. The summed E-state index contributed by atoms with van der Waals surface area (Å²) in [6.07, 6.45) is 4.32. The van der Waals surface area contributed by atoms with Crippen LogP contribution in [-0.2, 0) is 4.79 Å². The van der Waals surface area contributed by atoms with E-state index in [4.69, 9.17) is 16.7 Å². The molecule has 1 aromatic carbocycles. The predicted molar refractivity (Wildman–Crippen MR) is 69.8 cm³/mol. The molecule has 1 aromatic rings. The molecule has 1 rings (SSSR count). The zero-order valence-electron chi connectivity index (χ0n) is 9.83. The molecule has 1 amide bonds. The van der Waals surface area contributed by atoms with Gasteiger partial charge in [-0.1, -0.05) is 17.7 Å². The van der Waals surface area contributed by atoms with Crippen LogP contribution in [0.3, 0.4) is 0 Å². The second-order valence-electron chi connectivity index (χ2n) is 3.73. The lowest BCUT2D eigenvalue weighted by atomic mass is 10.2. The average molecular weight is 272 g/mol. The SMILES string of the molecule is O=C(/C=C/c1ccc(F)c(Cl)c1)NCCCCO. The lowest BCUT2D eigenvalue weighted by Gasteiger charge is -2.00. The lowest BCUT2D eigenvalue weighted by Crippen LogP contribution is -2.22. The van der Waals surface area contributed by atoms with Crippen LogP contribution in [0.5, 0.6) is 0 Å². The summed E-state index contributed by atoms with van der Waals surface area (Å²) >= 11 is 5.61. The van der Waals surface area contributed by atoms with Gasteiger partial charge in [-0.25, -0.2) is 4.39 Å². The molecule has 0 saturated heterocycles. The topological polar surface area (TPSA) is 49.3 Å². The Morgan fingerprint density at radius 1 is 1.44 bits per heavy atom. The minimum absolute atomic E-state index is 0.0282. The molecular weight excluding hydrogens is 257 g/mol. The number of halogens is 2. The highest BCUT2D eigenvalue weighted by molar-refractivity contribution is 6.30. The predicted octanol–water partition coefficient (Wildman–Crippen LogP) is 2.38. The van der Waals surface area contributed by atoms with Gasteiger partial charge in [-0.15, -0.1) is 0 Å². The summed E-state index contributed by atoms with van der Waals surface area (Å²) in [5, 5.41) is 11.3. The summed E-state index contributed by atoms with van der Waals surface area (Å²) in [5.74, 6) is -0.712. The Morgan fingerprint density at radius 2 is 2.22 bits per heavy atom. The van der Waals surface area contributed by atoms with E-state index in [0.29, 0.717) is 18.5 Å². The molecular formula is C13H15ClFNO2. The maximum absolute atomic E-state index is 12.9. The smallest absolute Gasteiger partial charge is 0.243 e. The fourth-order valence-corrected chi connectivity index (χ4v) is 1.48. The second-order valence-corrected chi connectivity index (χ2v) is 4.14. The number of amides is 1. The third-order valence-corrected chi connectivity index (χ3v) is 2.54. The number of aliphatic hydroxyl groups is 1. The molecule has 0 fully saturated rings. The van der Waals surface area contributed by atoms with Crippen molar-refractivity contribution in [2.45, 2.75) is 12.8 Å². The highest BCUT2D eigenvalue weighted by atomic mass is 35.5. The van der Waals surface area contributed by atoms with Gasteiger partial charge in [-0.05, 0) is 36.6 Å². The Kier molecular flexibility index (Phi) is 6.39. The van der Waals surface area contributed by atoms with Crippen molar-refractivity contribution in [3.05, 3.63) is 40.7 Å². The Morgan fingerprint density at radius 3 is 2.89 bits per heavy atom. The molecule has 0 unspecified atom stereocenters. The standard InChI is InChI=1S/C13H15ClFNO2/c14-11-9-10(3-5-12(11)15)4-6-13(18)16-7-1-2-8-17/h3-6,9,17H,1-2,7-8H2,(H,16,18)/b6-4+. The monoisotopic (exact) mass is 271 g/mol. The largest absolute Gasteiger partial charge is 0.396 e. The van der Waals surface area contributed by atoms with E-state index in [-0.39, 0.29) is 17.5 Å². The van der Waals surface area contributed by atoms with Crippen LogP contribution in [0, 0.1) is 5.82 Å². The van der Waals surface area contributed by atoms with E-state index in [1.807, 2.05) is 0 Å². The Balaban J connectivity index is 2.43. The number of hydrogen-bond acceptors (Lipinski definition) is 2. The van der Waals surface area contributed by atoms with E-state index in [1.165, 1.54) is 24.3 Å². The molecule has 0 spiro atoms. The van der Waals surface area contributed by atoms with Gasteiger partial charge >= 0.3 is 0 Å². The van der Waals surface area contributed by atoms with Gasteiger partial charge in [0, 0.05) is 19.2 Å². The molecule has 0 atom stereocenters. The van der Waals surface area contributed by atoms with Gasteiger partial charge in [0.2, 0.25) is 5.91 Å². The summed E-state index contributed by atoms with van der Waals surface area (Å²) in [6, 6.07) is 4.24. The number of aliphatic hydroxyl groups excluding tert-OH is 1. The number of nitrogens with one attached hydrogen (secondary N) is 1. The van der Waals surface area contributed by atoms with Gasteiger partial charge < -0.3 is 10.4 Å². The van der Waals surface area contributed by atoms with Gasteiger partial charge in [0.15, 0.2) is 0 Å². The molecule has 0 saturated carbocycles. The van der Waals surface area contributed by atoms with Crippen molar-refractivity contribution >= 4 is 23.6 Å². The summed E-state index contributed by atoms with van der Waals surface area (Å²) in [6.45, 7) is 0.647. The van der Waals surface area contributed by atoms with Crippen LogP contribution in [0.25, 0.3) is 6.08 Å². The van der Waals surface area contributed by atoms with E-state index in [1.54, 1.807) is 6.08 Å². The van der Waals surface area contributed by atoms with Crippen LogP contribution in [-0.4, -0.2) is 24.2 Å². The number of rotatable bonds is 6. The van der Waals surface area contributed by atoms with Crippen molar-refractivity contribution in [3.8, 4) is 0 Å². The van der Waals surface area contributed by atoms with Gasteiger partial charge in [0.25, 0.3) is 0 Å². The van der Waals surface area contributed by atoms with E-state index in [2.05, 4.69) is 5.32 Å². The van der Waals surface area contributed by atoms with Crippen LogP contribution in [0.15, 0.2) is 24.3 Å². The normalized spacial score (nSPS) is 10.8. The van der Waals surface area contributed by atoms with Crippen molar-refractivity contribution in [2.75, 3.05) is 13.2 Å². The van der Waals surface area contributed by atoms with Crippen LogP contribution in [0.2, 0.25) is 5.02 Å². The molecule has 98 valence electrons. The number of unbranched alkanes of at least 4 members (excludes halogenated alkanes) is 1. The Labute approximate surface area is 110 Å². The molecule has 3 nitrogen and oxygen atoms in total. The quantitative estimate of drug-likeness (QED) is 0.616.